The highest BCUT2D eigenvalue weighted by Crippen LogP contribution is 2.51. The van der Waals surface area contributed by atoms with Crippen molar-refractivity contribution in [2.75, 3.05) is 13.2 Å². The van der Waals surface area contributed by atoms with E-state index >= 15 is 0 Å². The predicted molar refractivity (Wildman–Crippen MR) is 86.1 cm³/mol. The fourth-order valence-electron chi connectivity index (χ4n) is 3.15. The maximum Gasteiger partial charge on any atom is 0.0971 e. The Hall–Kier alpha value is -0.340. The van der Waals surface area contributed by atoms with E-state index in [4.69, 9.17) is 9.47 Å². The lowest BCUT2D eigenvalue weighted by Gasteiger charge is -2.40. The summed E-state index contributed by atoms with van der Waals surface area (Å²) >= 11 is 0. The molecule has 1 unspecified atom stereocenters. The van der Waals surface area contributed by atoms with E-state index in [1.807, 2.05) is 0 Å². The second-order valence-electron chi connectivity index (χ2n) is 7.05. The number of allylic oxidation sites excluding steroid dienone is 1. The molecule has 1 aliphatic heterocycles. The summed E-state index contributed by atoms with van der Waals surface area (Å²) in [4.78, 5) is 0. The molecule has 118 valence electrons. The van der Waals surface area contributed by atoms with E-state index in [-0.39, 0.29) is 11.2 Å². The lowest BCUT2D eigenvalue weighted by Crippen LogP contribution is -2.45. The summed E-state index contributed by atoms with van der Waals surface area (Å²) in [6.45, 7) is 14.6. The molecule has 0 aromatic rings. The zero-order valence-electron chi connectivity index (χ0n) is 14.4. The van der Waals surface area contributed by atoms with Gasteiger partial charge in [-0.25, -0.2) is 0 Å². The SMILES string of the molecule is CC(C)=CCOC(C)(C)C1CCCC[C@]12CO2.CCC. The van der Waals surface area contributed by atoms with Gasteiger partial charge in [-0.15, -0.1) is 0 Å². The lowest BCUT2D eigenvalue weighted by molar-refractivity contribution is -0.0842. The Morgan fingerprint density at radius 2 is 1.90 bits per heavy atom. The average molecular weight is 282 g/mol. The van der Waals surface area contributed by atoms with Gasteiger partial charge in [0.25, 0.3) is 0 Å². The maximum atomic E-state index is 6.10. The molecule has 2 heteroatoms. The first kappa shape index (κ1) is 17.7. The Morgan fingerprint density at radius 1 is 1.30 bits per heavy atom. The minimum Gasteiger partial charge on any atom is -0.371 e. The van der Waals surface area contributed by atoms with Crippen LogP contribution in [0.15, 0.2) is 11.6 Å². The standard InChI is InChI=1S/C15H26O2.C3H8/c1-12(2)8-10-16-14(3,4)13-7-5-6-9-15(13)11-17-15;1-3-2/h8,13H,5-7,9-11H2,1-4H3;3H2,1-2H3/t13?,15-;/m0./s1. The molecule has 2 nitrogen and oxygen atoms in total. The van der Waals surface area contributed by atoms with Crippen molar-refractivity contribution in [1.82, 2.24) is 0 Å². The molecule has 2 atom stereocenters. The highest BCUT2D eigenvalue weighted by Gasteiger charge is 2.57. The first-order chi connectivity index (χ1) is 9.38. The van der Waals surface area contributed by atoms with Crippen LogP contribution in [0.1, 0.15) is 73.6 Å². The zero-order valence-corrected chi connectivity index (χ0v) is 14.4. The first-order valence-corrected chi connectivity index (χ1v) is 8.29. The van der Waals surface area contributed by atoms with Gasteiger partial charge in [0.2, 0.25) is 0 Å². The summed E-state index contributed by atoms with van der Waals surface area (Å²) < 4.78 is 11.9. The molecule has 1 spiro atoms. The van der Waals surface area contributed by atoms with E-state index in [9.17, 15) is 0 Å². The van der Waals surface area contributed by atoms with Crippen molar-refractivity contribution >= 4 is 0 Å². The van der Waals surface area contributed by atoms with Crippen molar-refractivity contribution in [2.45, 2.75) is 84.8 Å². The molecular weight excluding hydrogens is 248 g/mol. The second-order valence-corrected chi connectivity index (χ2v) is 7.05. The number of hydrogen-bond acceptors (Lipinski definition) is 2. The summed E-state index contributed by atoms with van der Waals surface area (Å²) in [6.07, 6.45) is 8.53. The summed E-state index contributed by atoms with van der Waals surface area (Å²) in [5, 5.41) is 0. The van der Waals surface area contributed by atoms with Crippen molar-refractivity contribution in [3.63, 3.8) is 0 Å². The van der Waals surface area contributed by atoms with Crippen molar-refractivity contribution in [3.05, 3.63) is 11.6 Å². The molecule has 1 saturated heterocycles. The summed E-state index contributed by atoms with van der Waals surface area (Å²) in [5.74, 6) is 0.564. The minimum atomic E-state index is -0.0666. The topological polar surface area (TPSA) is 21.8 Å². The van der Waals surface area contributed by atoms with Gasteiger partial charge < -0.3 is 9.47 Å². The Labute approximate surface area is 125 Å². The molecule has 0 aromatic heterocycles. The van der Waals surface area contributed by atoms with Crippen molar-refractivity contribution in [1.29, 1.82) is 0 Å². The molecule has 2 fully saturated rings. The molecule has 1 aliphatic carbocycles. The van der Waals surface area contributed by atoms with Crippen LogP contribution in [0, 0.1) is 5.92 Å². The van der Waals surface area contributed by atoms with Gasteiger partial charge in [-0.2, -0.15) is 0 Å². The predicted octanol–water partition coefficient (Wildman–Crippen LogP) is 5.12. The van der Waals surface area contributed by atoms with Gasteiger partial charge in [0.05, 0.1) is 24.4 Å². The van der Waals surface area contributed by atoms with E-state index in [0.29, 0.717) is 5.92 Å². The van der Waals surface area contributed by atoms with Gasteiger partial charge in [0, 0.05) is 5.92 Å². The number of epoxide rings is 1. The summed E-state index contributed by atoms with van der Waals surface area (Å²) in [5.41, 5.74) is 1.43. The molecule has 0 aromatic carbocycles. The van der Waals surface area contributed by atoms with Crippen LogP contribution in [-0.4, -0.2) is 24.4 Å². The molecule has 0 N–H and O–H groups in total. The van der Waals surface area contributed by atoms with E-state index in [1.54, 1.807) is 0 Å². The summed E-state index contributed by atoms with van der Waals surface area (Å²) in [7, 11) is 0. The Balaban J connectivity index is 0.000000612. The van der Waals surface area contributed by atoms with Crippen molar-refractivity contribution in [2.24, 2.45) is 5.92 Å². The molecule has 20 heavy (non-hydrogen) atoms. The Bertz CT molecular complexity index is 309. The van der Waals surface area contributed by atoms with Crippen LogP contribution in [-0.2, 0) is 9.47 Å². The van der Waals surface area contributed by atoms with Gasteiger partial charge in [-0.1, -0.05) is 44.8 Å². The second kappa shape index (κ2) is 7.61. The summed E-state index contributed by atoms with van der Waals surface area (Å²) in [6, 6.07) is 0. The number of ether oxygens (including phenoxy) is 2. The Morgan fingerprint density at radius 3 is 2.40 bits per heavy atom. The lowest BCUT2D eigenvalue weighted by atomic mass is 9.71. The van der Waals surface area contributed by atoms with Gasteiger partial charge in [0.15, 0.2) is 0 Å². The highest BCUT2D eigenvalue weighted by atomic mass is 16.6. The number of rotatable bonds is 4. The first-order valence-electron chi connectivity index (χ1n) is 8.29. The van der Waals surface area contributed by atoms with Crippen LogP contribution < -0.4 is 0 Å². The third-order valence-corrected chi connectivity index (χ3v) is 4.28. The van der Waals surface area contributed by atoms with Gasteiger partial charge in [-0.3, -0.25) is 0 Å². The molecule has 0 amide bonds. The number of hydrogen-bond donors (Lipinski definition) is 0. The van der Waals surface area contributed by atoms with Crippen LogP contribution >= 0.6 is 0 Å². The van der Waals surface area contributed by atoms with E-state index in [1.165, 1.54) is 37.7 Å². The molecule has 1 heterocycles. The maximum absolute atomic E-state index is 6.10. The van der Waals surface area contributed by atoms with Crippen molar-refractivity contribution in [3.8, 4) is 0 Å². The van der Waals surface area contributed by atoms with Crippen LogP contribution in [0.5, 0.6) is 0 Å². The molecule has 2 aliphatic rings. The fourth-order valence-corrected chi connectivity index (χ4v) is 3.15. The van der Waals surface area contributed by atoms with Crippen LogP contribution in [0.25, 0.3) is 0 Å². The third kappa shape index (κ3) is 4.89. The largest absolute Gasteiger partial charge is 0.371 e. The molecule has 0 radical (unpaired) electrons. The van der Waals surface area contributed by atoms with E-state index in [0.717, 1.165) is 13.2 Å². The minimum absolute atomic E-state index is 0.0666. The molecule has 1 saturated carbocycles. The molecule has 2 rings (SSSR count). The monoisotopic (exact) mass is 282 g/mol. The molecule has 0 bridgehead atoms. The van der Waals surface area contributed by atoms with Crippen molar-refractivity contribution < 1.29 is 9.47 Å². The highest BCUT2D eigenvalue weighted by molar-refractivity contribution is 5.06. The average Bonchev–Trinajstić information content (AvgIpc) is 3.09. The Kier molecular flexibility index (Phi) is 6.74. The van der Waals surface area contributed by atoms with E-state index < -0.39 is 0 Å². The third-order valence-electron chi connectivity index (χ3n) is 4.28. The van der Waals surface area contributed by atoms with Gasteiger partial charge >= 0.3 is 0 Å². The van der Waals surface area contributed by atoms with Crippen LogP contribution in [0.4, 0.5) is 0 Å². The van der Waals surface area contributed by atoms with Crippen LogP contribution in [0.3, 0.4) is 0 Å². The zero-order chi connectivity index (χ0) is 15.2. The normalized spacial score (nSPS) is 28.6. The van der Waals surface area contributed by atoms with E-state index in [2.05, 4.69) is 47.6 Å². The smallest absolute Gasteiger partial charge is 0.0971 e. The van der Waals surface area contributed by atoms with Gasteiger partial charge in [0.1, 0.15) is 0 Å². The molecular formula is C18H34O2. The van der Waals surface area contributed by atoms with Gasteiger partial charge in [-0.05, 0) is 40.5 Å². The van der Waals surface area contributed by atoms with Crippen LogP contribution in [0.2, 0.25) is 0 Å². The quantitative estimate of drug-likeness (QED) is 0.527. The fraction of sp³-hybridized carbons (Fsp3) is 0.889.